The molecular weight excluding hydrogens is 312 g/mol. The highest BCUT2D eigenvalue weighted by Gasteiger charge is 2.20. The van der Waals surface area contributed by atoms with E-state index in [1.54, 1.807) is 25.3 Å². The van der Waals surface area contributed by atoms with Crippen molar-refractivity contribution in [3.63, 3.8) is 0 Å². The van der Waals surface area contributed by atoms with Gasteiger partial charge in [-0.1, -0.05) is 36.2 Å². The standard InChI is InChI=1S/C16H16Cl2FNO/c1-3-20-16(13-8-10(17)4-7-15(13)19)12-6-5-11(21-2)9-14(12)18/h4-9,16,20H,3H2,1-2H3. The number of benzene rings is 2. The van der Waals surface area contributed by atoms with E-state index in [0.29, 0.717) is 27.9 Å². The smallest absolute Gasteiger partial charge is 0.128 e. The summed E-state index contributed by atoms with van der Waals surface area (Å²) in [5.74, 6) is 0.336. The van der Waals surface area contributed by atoms with Crippen LogP contribution < -0.4 is 10.1 Å². The van der Waals surface area contributed by atoms with Crippen LogP contribution in [0.4, 0.5) is 4.39 Å². The van der Waals surface area contributed by atoms with Crippen molar-refractivity contribution in [1.82, 2.24) is 5.32 Å². The van der Waals surface area contributed by atoms with Crippen LogP contribution in [0.15, 0.2) is 36.4 Å². The normalized spacial score (nSPS) is 12.2. The average Bonchev–Trinajstić information content (AvgIpc) is 2.48. The molecule has 0 spiro atoms. The van der Waals surface area contributed by atoms with Gasteiger partial charge in [0.25, 0.3) is 0 Å². The maximum absolute atomic E-state index is 14.1. The molecule has 0 aliphatic heterocycles. The first-order valence-corrected chi connectivity index (χ1v) is 7.34. The highest BCUT2D eigenvalue weighted by atomic mass is 35.5. The lowest BCUT2D eigenvalue weighted by Gasteiger charge is -2.21. The Morgan fingerprint density at radius 2 is 1.90 bits per heavy atom. The van der Waals surface area contributed by atoms with Crippen molar-refractivity contribution in [1.29, 1.82) is 0 Å². The van der Waals surface area contributed by atoms with Crippen molar-refractivity contribution in [3.05, 3.63) is 63.4 Å². The number of nitrogens with one attached hydrogen (secondary N) is 1. The van der Waals surface area contributed by atoms with Crippen molar-refractivity contribution in [3.8, 4) is 5.75 Å². The summed E-state index contributed by atoms with van der Waals surface area (Å²) in [6.07, 6.45) is 0. The second-order valence-corrected chi connectivity index (χ2v) is 5.39. The molecule has 5 heteroatoms. The van der Waals surface area contributed by atoms with Gasteiger partial charge in [0.1, 0.15) is 11.6 Å². The van der Waals surface area contributed by atoms with Gasteiger partial charge in [0.05, 0.1) is 13.2 Å². The maximum Gasteiger partial charge on any atom is 0.128 e. The SMILES string of the molecule is CCNC(c1cc(Cl)ccc1F)c1ccc(OC)cc1Cl. The molecule has 0 aliphatic carbocycles. The highest BCUT2D eigenvalue weighted by molar-refractivity contribution is 6.31. The lowest BCUT2D eigenvalue weighted by Crippen LogP contribution is -2.23. The van der Waals surface area contributed by atoms with Gasteiger partial charge in [-0.3, -0.25) is 0 Å². The minimum Gasteiger partial charge on any atom is -0.497 e. The molecule has 0 radical (unpaired) electrons. The minimum atomic E-state index is -0.368. The number of methoxy groups -OCH3 is 1. The zero-order chi connectivity index (χ0) is 15.4. The Kier molecular flexibility index (Phi) is 5.45. The summed E-state index contributed by atoms with van der Waals surface area (Å²) in [4.78, 5) is 0. The van der Waals surface area contributed by atoms with Crippen molar-refractivity contribution in [2.75, 3.05) is 13.7 Å². The van der Waals surface area contributed by atoms with E-state index in [1.165, 1.54) is 12.1 Å². The van der Waals surface area contributed by atoms with Crippen LogP contribution in [0.1, 0.15) is 24.1 Å². The van der Waals surface area contributed by atoms with E-state index < -0.39 is 0 Å². The van der Waals surface area contributed by atoms with E-state index in [4.69, 9.17) is 27.9 Å². The fourth-order valence-electron chi connectivity index (χ4n) is 2.20. The Labute approximate surface area is 133 Å². The predicted octanol–water partition coefficient (Wildman–Crippen LogP) is 4.84. The van der Waals surface area contributed by atoms with Crippen LogP contribution in [-0.4, -0.2) is 13.7 Å². The molecule has 0 heterocycles. The van der Waals surface area contributed by atoms with Crippen molar-refractivity contribution in [2.45, 2.75) is 13.0 Å². The molecule has 0 fully saturated rings. The molecule has 112 valence electrons. The van der Waals surface area contributed by atoms with Crippen LogP contribution in [0.3, 0.4) is 0 Å². The van der Waals surface area contributed by atoms with Gasteiger partial charge in [-0.2, -0.15) is 0 Å². The van der Waals surface area contributed by atoms with Crippen LogP contribution in [0.2, 0.25) is 10.0 Å². The van der Waals surface area contributed by atoms with Gasteiger partial charge >= 0.3 is 0 Å². The van der Waals surface area contributed by atoms with E-state index >= 15 is 0 Å². The van der Waals surface area contributed by atoms with Gasteiger partial charge in [0.2, 0.25) is 0 Å². The summed E-state index contributed by atoms with van der Waals surface area (Å²) in [5.41, 5.74) is 1.25. The van der Waals surface area contributed by atoms with Gasteiger partial charge < -0.3 is 10.1 Å². The number of halogens is 3. The summed E-state index contributed by atoms with van der Waals surface area (Å²) in [6, 6.07) is 9.47. The number of ether oxygens (including phenoxy) is 1. The van der Waals surface area contributed by atoms with Crippen LogP contribution >= 0.6 is 23.2 Å². The average molecular weight is 328 g/mol. The number of rotatable bonds is 5. The number of hydrogen-bond donors (Lipinski definition) is 1. The highest BCUT2D eigenvalue weighted by Crippen LogP contribution is 2.33. The summed E-state index contributed by atoms with van der Waals surface area (Å²) in [5, 5.41) is 4.24. The maximum atomic E-state index is 14.1. The van der Waals surface area contributed by atoms with E-state index in [0.717, 1.165) is 5.56 Å². The van der Waals surface area contributed by atoms with Crippen molar-refractivity contribution in [2.24, 2.45) is 0 Å². The van der Waals surface area contributed by atoms with Gasteiger partial charge in [0, 0.05) is 15.6 Å². The quantitative estimate of drug-likeness (QED) is 0.848. The Morgan fingerprint density at radius 3 is 2.52 bits per heavy atom. The molecule has 2 aromatic rings. The first-order chi connectivity index (χ1) is 10.1. The molecule has 0 saturated heterocycles. The van der Waals surface area contributed by atoms with E-state index in [2.05, 4.69) is 5.32 Å². The van der Waals surface area contributed by atoms with Gasteiger partial charge in [-0.25, -0.2) is 4.39 Å². The second-order valence-electron chi connectivity index (χ2n) is 4.54. The zero-order valence-electron chi connectivity index (χ0n) is 11.8. The summed E-state index contributed by atoms with van der Waals surface area (Å²) < 4.78 is 19.3. The Bertz CT molecular complexity index is 634. The largest absolute Gasteiger partial charge is 0.497 e. The number of hydrogen-bond acceptors (Lipinski definition) is 2. The Morgan fingerprint density at radius 1 is 1.14 bits per heavy atom. The Balaban J connectivity index is 2.50. The molecule has 1 atom stereocenters. The van der Waals surface area contributed by atoms with Gasteiger partial charge in [-0.05, 0) is 42.4 Å². The predicted molar refractivity (Wildman–Crippen MR) is 84.9 cm³/mol. The third-order valence-electron chi connectivity index (χ3n) is 3.20. The lowest BCUT2D eigenvalue weighted by molar-refractivity contribution is 0.414. The van der Waals surface area contributed by atoms with E-state index in [-0.39, 0.29) is 11.9 Å². The van der Waals surface area contributed by atoms with Crippen LogP contribution in [-0.2, 0) is 0 Å². The molecule has 1 N–H and O–H groups in total. The third-order valence-corrected chi connectivity index (χ3v) is 3.76. The second kappa shape index (κ2) is 7.12. The van der Waals surface area contributed by atoms with Crippen molar-refractivity contribution >= 4 is 23.2 Å². The molecule has 0 aliphatic rings. The van der Waals surface area contributed by atoms with Crippen molar-refractivity contribution < 1.29 is 9.13 Å². The fraction of sp³-hybridized carbons (Fsp3) is 0.250. The topological polar surface area (TPSA) is 21.3 Å². The first kappa shape index (κ1) is 16.1. The van der Waals surface area contributed by atoms with Gasteiger partial charge in [-0.15, -0.1) is 0 Å². The van der Waals surface area contributed by atoms with E-state index in [9.17, 15) is 4.39 Å². The van der Waals surface area contributed by atoms with Crippen LogP contribution in [0.5, 0.6) is 5.75 Å². The third kappa shape index (κ3) is 3.67. The monoisotopic (exact) mass is 327 g/mol. The summed E-state index contributed by atoms with van der Waals surface area (Å²) >= 11 is 12.3. The Hall–Kier alpha value is -1.29. The van der Waals surface area contributed by atoms with Gasteiger partial charge in [0.15, 0.2) is 0 Å². The first-order valence-electron chi connectivity index (χ1n) is 6.58. The lowest BCUT2D eigenvalue weighted by atomic mass is 9.98. The molecule has 2 aromatic carbocycles. The molecular formula is C16H16Cl2FNO. The van der Waals surface area contributed by atoms with E-state index in [1.807, 2.05) is 13.0 Å². The minimum absolute atomic E-state index is 0.322. The molecule has 21 heavy (non-hydrogen) atoms. The summed E-state index contributed by atoms with van der Waals surface area (Å²) in [7, 11) is 1.57. The molecule has 0 saturated carbocycles. The molecule has 2 nitrogen and oxygen atoms in total. The molecule has 0 aromatic heterocycles. The molecule has 2 rings (SSSR count). The zero-order valence-corrected chi connectivity index (χ0v) is 13.3. The summed E-state index contributed by atoms with van der Waals surface area (Å²) in [6.45, 7) is 2.62. The van der Waals surface area contributed by atoms with Crippen LogP contribution in [0, 0.1) is 5.82 Å². The molecule has 0 amide bonds. The van der Waals surface area contributed by atoms with Crippen LogP contribution in [0.25, 0.3) is 0 Å². The molecule has 0 bridgehead atoms. The fourth-order valence-corrected chi connectivity index (χ4v) is 2.66. The molecule has 1 unspecified atom stereocenters.